The van der Waals surface area contributed by atoms with Gasteiger partial charge in [0.2, 0.25) is 5.82 Å². The van der Waals surface area contributed by atoms with Crippen molar-refractivity contribution < 1.29 is 4.90 Å². The maximum atomic E-state index is 4.53. The summed E-state index contributed by atoms with van der Waals surface area (Å²) in [5.74, 6) is 0.938. The van der Waals surface area contributed by atoms with Crippen LogP contribution in [-0.2, 0) is 5.54 Å². The monoisotopic (exact) mass is 420 g/mol. The molecule has 0 spiro atoms. The van der Waals surface area contributed by atoms with Crippen LogP contribution in [0, 0.1) is 0 Å². The van der Waals surface area contributed by atoms with Gasteiger partial charge in [-0.1, -0.05) is 30.3 Å². The second kappa shape index (κ2) is 8.67. The molecule has 3 aromatic rings. The van der Waals surface area contributed by atoms with E-state index in [1.165, 1.54) is 21.8 Å². The minimum absolute atomic E-state index is 0.100. The van der Waals surface area contributed by atoms with Gasteiger partial charge in [-0.05, 0) is 55.5 Å². The molecule has 1 aliphatic rings. The van der Waals surface area contributed by atoms with Gasteiger partial charge in [0.25, 0.3) is 0 Å². The molecular formula is C24H34N7+. The van der Waals surface area contributed by atoms with Crippen molar-refractivity contribution in [2.24, 2.45) is 0 Å². The number of rotatable bonds is 5. The molecule has 31 heavy (non-hydrogen) atoms. The second-order valence-electron chi connectivity index (χ2n) is 9.52. The summed E-state index contributed by atoms with van der Waals surface area (Å²) in [5, 5.41) is 13.0. The van der Waals surface area contributed by atoms with Gasteiger partial charge in [0.05, 0.1) is 31.7 Å². The molecule has 1 fully saturated rings. The summed E-state index contributed by atoms with van der Waals surface area (Å²) in [5.41, 5.74) is 3.58. The molecule has 1 aromatic heterocycles. The van der Waals surface area contributed by atoms with Gasteiger partial charge in [-0.2, -0.15) is 0 Å². The van der Waals surface area contributed by atoms with Gasteiger partial charge >= 0.3 is 0 Å². The lowest BCUT2D eigenvalue weighted by molar-refractivity contribution is -0.927. The lowest BCUT2D eigenvalue weighted by Gasteiger charge is -2.38. The third-order valence-electron chi connectivity index (χ3n) is 6.07. The summed E-state index contributed by atoms with van der Waals surface area (Å²) in [6, 6.07) is 19.6. The van der Waals surface area contributed by atoms with Crippen molar-refractivity contribution in [1.29, 1.82) is 0 Å². The zero-order chi connectivity index (χ0) is 22.0. The Kier molecular flexibility index (Phi) is 5.96. The van der Waals surface area contributed by atoms with E-state index < -0.39 is 0 Å². The molecule has 0 amide bonds. The Labute approximate surface area is 185 Å². The summed E-state index contributed by atoms with van der Waals surface area (Å²) in [6.07, 6.45) is 0. The van der Waals surface area contributed by atoms with Crippen LogP contribution in [0.15, 0.2) is 54.6 Å². The van der Waals surface area contributed by atoms with Gasteiger partial charge in [0.15, 0.2) is 6.04 Å². The number of nitrogens with one attached hydrogen (secondary N) is 1. The van der Waals surface area contributed by atoms with E-state index >= 15 is 0 Å². The highest BCUT2D eigenvalue weighted by molar-refractivity contribution is 5.47. The first-order valence-electron chi connectivity index (χ1n) is 11.1. The molecule has 4 rings (SSSR count). The quantitative estimate of drug-likeness (QED) is 0.684. The zero-order valence-corrected chi connectivity index (χ0v) is 19.3. The van der Waals surface area contributed by atoms with E-state index in [2.05, 4.69) is 115 Å². The molecule has 7 heteroatoms. The topological polar surface area (TPSA) is 54.5 Å². The number of piperazine rings is 1. The van der Waals surface area contributed by atoms with Gasteiger partial charge in [0, 0.05) is 31.0 Å². The zero-order valence-electron chi connectivity index (χ0n) is 19.3. The van der Waals surface area contributed by atoms with Crippen molar-refractivity contribution in [2.45, 2.75) is 32.4 Å². The largest absolute Gasteiger partial charge is 0.378 e. The maximum Gasteiger partial charge on any atom is 0.214 e. The average molecular weight is 421 g/mol. The van der Waals surface area contributed by atoms with Crippen LogP contribution in [0.3, 0.4) is 0 Å². The molecule has 2 aromatic carbocycles. The molecule has 0 radical (unpaired) electrons. The first kappa shape index (κ1) is 21.3. The van der Waals surface area contributed by atoms with E-state index in [0.717, 1.165) is 32.0 Å². The highest BCUT2D eigenvalue weighted by atomic mass is 15.6. The number of nitrogens with zero attached hydrogens (tertiary/aromatic N) is 6. The Bertz CT molecular complexity index is 965. The Morgan fingerprint density at radius 1 is 0.935 bits per heavy atom. The van der Waals surface area contributed by atoms with Gasteiger partial charge in [-0.3, -0.25) is 0 Å². The van der Waals surface area contributed by atoms with Crippen molar-refractivity contribution in [1.82, 2.24) is 20.2 Å². The number of anilines is 2. The summed E-state index contributed by atoms with van der Waals surface area (Å²) in [7, 11) is 4.14. The van der Waals surface area contributed by atoms with Crippen molar-refractivity contribution in [3.63, 3.8) is 0 Å². The highest BCUT2D eigenvalue weighted by Crippen LogP contribution is 2.24. The number of hydrogen-bond acceptors (Lipinski definition) is 5. The molecule has 2 heterocycles. The van der Waals surface area contributed by atoms with Crippen LogP contribution in [0.2, 0.25) is 0 Å². The first-order valence-corrected chi connectivity index (χ1v) is 11.1. The van der Waals surface area contributed by atoms with E-state index in [-0.39, 0.29) is 11.6 Å². The van der Waals surface area contributed by atoms with Crippen LogP contribution in [0.1, 0.15) is 38.2 Å². The Balaban J connectivity index is 1.64. The van der Waals surface area contributed by atoms with E-state index in [9.17, 15) is 0 Å². The van der Waals surface area contributed by atoms with Crippen molar-refractivity contribution in [3.8, 4) is 0 Å². The van der Waals surface area contributed by atoms with Crippen LogP contribution in [0.25, 0.3) is 0 Å². The van der Waals surface area contributed by atoms with Gasteiger partial charge in [-0.15, -0.1) is 5.10 Å². The minimum Gasteiger partial charge on any atom is -0.378 e. The molecule has 1 N–H and O–H groups in total. The van der Waals surface area contributed by atoms with Crippen LogP contribution in [0.4, 0.5) is 11.4 Å². The molecule has 0 bridgehead atoms. The fourth-order valence-corrected chi connectivity index (χ4v) is 4.36. The number of para-hydroxylation sites is 1. The number of aromatic nitrogens is 4. The lowest BCUT2D eigenvalue weighted by Crippen LogP contribution is -3.15. The molecule has 0 aliphatic carbocycles. The van der Waals surface area contributed by atoms with Gasteiger partial charge in [0.1, 0.15) is 0 Å². The summed E-state index contributed by atoms with van der Waals surface area (Å²) in [4.78, 5) is 6.11. The highest BCUT2D eigenvalue weighted by Gasteiger charge is 2.36. The van der Waals surface area contributed by atoms with E-state index in [0.29, 0.717) is 0 Å². The summed E-state index contributed by atoms with van der Waals surface area (Å²) < 4.78 is 1.99. The third-order valence-corrected chi connectivity index (χ3v) is 6.07. The molecule has 0 unspecified atom stereocenters. The van der Waals surface area contributed by atoms with Crippen LogP contribution in [0.5, 0.6) is 0 Å². The van der Waals surface area contributed by atoms with E-state index in [1.807, 2.05) is 4.68 Å². The Morgan fingerprint density at radius 3 is 2.16 bits per heavy atom. The molecule has 1 aliphatic heterocycles. The van der Waals surface area contributed by atoms with Crippen LogP contribution < -0.4 is 14.7 Å². The van der Waals surface area contributed by atoms with Crippen LogP contribution in [-0.4, -0.2) is 60.5 Å². The first-order chi connectivity index (χ1) is 14.8. The van der Waals surface area contributed by atoms with Crippen molar-refractivity contribution in [2.75, 3.05) is 50.1 Å². The molecule has 1 saturated heterocycles. The third kappa shape index (κ3) is 4.56. The summed E-state index contributed by atoms with van der Waals surface area (Å²) >= 11 is 0. The van der Waals surface area contributed by atoms with E-state index in [1.54, 1.807) is 0 Å². The van der Waals surface area contributed by atoms with Gasteiger partial charge < -0.3 is 14.7 Å². The fourth-order valence-electron chi connectivity index (χ4n) is 4.36. The smallest absolute Gasteiger partial charge is 0.214 e. The maximum absolute atomic E-state index is 4.53. The van der Waals surface area contributed by atoms with Crippen molar-refractivity contribution >= 4 is 11.4 Å². The normalized spacial score (nSPS) is 16.4. The number of tetrazole rings is 1. The lowest BCUT2D eigenvalue weighted by atomic mass is 10.0. The molecular weight excluding hydrogens is 386 g/mol. The predicted molar refractivity (Wildman–Crippen MR) is 125 cm³/mol. The molecule has 7 nitrogen and oxygen atoms in total. The molecule has 0 saturated carbocycles. The van der Waals surface area contributed by atoms with Crippen molar-refractivity contribution in [3.05, 3.63) is 66.0 Å². The fraction of sp³-hybridized carbons (Fsp3) is 0.458. The number of quaternary nitrogens is 1. The molecule has 1 atom stereocenters. The Morgan fingerprint density at radius 2 is 1.58 bits per heavy atom. The second-order valence-corrected chi connectivity index (χ2v) is 9.52. The Hall–Kier alpha value is -2.93. The van der Waals surface area contributed by atoms with E-state index in [4.69, 9.17) is 0 Å². The average Bonchev–Trinajstić information content (AvgIpc) is 3.25. The predicted octanol–water partition coefficient (Wildman–Crippen LogP) is 1.99. The summed E-state index contributed by atoms with van der Waals surface area (Å²) in [6.45, 7) is 10.6. The SMILES string of the molecule is CN(C)c1ccc([C@H](c2nnnn2C(C)(C)C)[NH+]2CCN(c3ccccc3)CC2)cc1. The minimum atomic E-state index is -0.175. The van der Waals surface area contributed by atoms with Crippen LogP contribution >= 0.6 is 0 Å². The molecule has 164 valence electrons. The van der Waals surface area contributed by atoms with Gasteiger partial charge in [-0.25, -0.2) is 4.68 Å². The number of hydrogen-bond donors (Lipinski definition) is 1. The standard InChI is InChI=1S/C24H33N7/c1-24(2,3)31-23(25-26-27-31)22(19-11-13-20(14-12-19)28(4)5)30-17-15-29(16-18-30)21-9-7-6-8-10-21/h6-14,22H,15-18H2,1-5H3/p+1/t22-/m1/s1. The number of benzene rings is 2.